The van der Waals surface area contributed by atoms with Crippen LogP contribution >= 0.6 is 0 Å². The fourth-order valence-corrected chi connectivity index (χ4v) is 3.06. The van der Waals surface area contributed by atoms with E-state index in [1.54, 1.807) is 12.1 Å². The van der Waals surface area contributed by atoms with Gasteiger partial charge in [-0.15, -0.1) is 0 Å². The highest BCUT2D eigenvalue weighted by Crippen LogP contribution is 2.32. The molecule has 1 atom stereocenters. The molecule has 0 saturated heterocycles. The van der Waals surface area contributed by atoms with Crippen LogP contribution < -0.4 is 5.32 Å². The number of fused-ring (bicyclic) bond motifs is 1. The molecule has 0 bridgehead atoms. The third-order valence-electron chi connectivity index (χ3n) is 4.15. The van der Waals surface area contributed by atoms with Crippen molar-refractivity contribution >= 4 is 0 Å². The summed E-state index contributed by atoms with van der Waals surface area (Å²) in [5, 5.41) is 10.4. The Hall–Kier alpha value is -1.82. The number of rotatable bonds is 4. The van der Waals surface area contributed by atoms with E-state index in [1.165, 1.54) is 11.6 Å². The van der Waals surface area contributed by atoms with E-state index in [0.717, 1.165) is 31.0 Å². The summed E-state index contributed by atoms with van der Waals surface area (Å²) in [7, 11) is 0. The van der Waals surface area contributed by atoms with E-state index >= 15 is 0 Å². The van der Waals surface area contributed by atoms with Gasteiger partial charge in [-0.1, -0.05) is 18.2 Å². The van der Waals surface area contributed by atoms with Crippen LogP contribution in [0.25, 0.3) is 0 Å². The molecule has 0 saturated carbocycles. The number of H-pyrrole nitrogens is 1. The van der Waals surface area contributed by atoms with Crippen LogP contribution in [-0.2, 0) is 19.0 Å². The van der Waals surface area contributed by atoms with E-state index in [0.29, 0.717) is 18.5 Å². The second-order valence-electron chi connectivity index (χ2n) is 5.61. The number of aromatic amines is 1. The Balaban J connectivity index is 1.63. The maximum atomic E-state index is 13.0. The summed E-state index contributed by atoms with van der Waals surface area (Å²) >= 11 is 0. The number of hydrogen-bond donors (Lipinski definition) is 2. The van der Waals surface area contributed by atoms with Gasteiger partial charge in [0, 0.05) is 6.04 Å². The van der Waals surface area contributed by atoms with Crippen LogP contribution in [0.15, 0.2) is 30.5 Å². The van der Waals surface area contributed by atoms with Crippen molar-refractivity contribution in [2.24, 2.45) is 0 Å². The van der Waals surface area contributed by atoms with Crippen LogP contribution in [0, 0.1) is 0 Å². The minimum atomic E-state index is -4.29. The number of benzene rings is 1. The Kier molecular flexibility index (Phi) is 4.20. The average Bonchev–Trinajstić information content (AvgIpc) is 2.96. The molecule has 1 heterocycles. The van der Waals surface area contributed by atoms with E-state index in [-0.39, 0.29) is 6.04 Å². The summed E-state index contributed by atoms with van der Waals surface area (Å²) in [6.07, 6.45) is 0.968. The van der Waals surface area contributed by atoms with Crippen molar-refractivity contribution in [3.63, 3.8) is 0 Å². The SMILES string of the molecule is FC(F)(F)c1ccccc1CCNC1CCCc2cn[nH]c21. The molecule has 0 amide bonds. The van der Waals surface area contributed by atoms with E-state index in [9.17, 15) is 13.2 Å². The molecule has 1 aliphatic rings. The van der Waals surface area contributed by atoms with Crippen molar-refractivity contribution in [1.29, 1.82) is 0 Å². The molecule has 1 aromatic heterocycles. The summed E-state index contributed by atoms with van der Waals surface area (Å²) in [4.78, 5) is 0. The normalized spacial score (nSPS) is 18.2. The maximum Gasteiger partial charge on any atom is 0.416 e. The summed E-state index contributed by atoms with van der Waals surface area (Å²) in [6, 6.07) is 5.93. The van der Waals surface area contributed by atoms with Crippen molar-refractivity contribution in [3.05, 3.63) is 52.8 Å². The Labute approximate surface area is 126 Å². The lowest BCUT2D eigenvalue weighted by Crippen LogP contribution is -2.27. The molecule has 3 rings (SSSR count). The minimum Gasteiger partial charge on any atom is -0.308 e. The number of aryl methyl sites for hydroxylation is 1. The lowest BCUT2D eigenvalue weighted by atomic mass is 9.93. The third-order valence-corrected chi connectivity index (χ3v) is 4.15. The minimum absolute atomic E-state index is 0.157. The zero-order valence-corrected chi connectivity index (χ0v) is 12.1. The summed E-state index contributed by atoms with van der Waals surface area (Å²) < 4.78 is 38.9. The zero-order chi connectivity index (χ0) is 15.6. The van der Waals surface area contributed by atoms with Gasteiger partial charge in [0.05, 0.1) is 17.5 Å². The van der Waals surface area contributed by atoms with Crippen molar-refractivity contribution in [1.82, 2.24) is 15.5 Å². The molecule has 1 unspecified atom stereocenters. The van der Waals surface area contributed by atoms with Crippen LogP contribution in [-0.4, -0.2) is 16.7 Å². The Morgan fingerprint density at radius 1 is 1.27 bits per heavy atom. The topological polar surface area (TPSA) is 40.7 Å². The van der Waals surface area contributed by atoms with Crippen molar-refractivity contribution in [2.75, 3.05) is 6.54 Å². The number of alkyl halides is 3. The molecule has 2 N–H and O–H groups in total. The van der Waals surface area contributed by atoms with E-state index < -0.39 is 11.7 Å². The van der Waals surface area contributed by atoms with Gasteiger partial charge >= 0.3 is 6.18 Å². The van der Waals surface area contributed by atoms with Gasteiger partial charge in [0.15, 0.2) is 0 Å². The first-order valence-electron chi connectivity index (χ1n) is 7.46. The molecule has 0 aliphatic heterocycles. The lowest BCUT2D eigenvalue weighted by Gasteiger charge is -2.23. The standard InChI is InChI=1S/C16H18F3N3/c17-16(18,19)13-6-2-1-4-11(13)8-9-20-14-7-3-5-12-10-21-22-15(12)14/h1-2,4,6,10,14,20H,3,5,7-9H2,(H,21,22). The average molecular weight is 309 g/mol. The second-order valence-corrected chi connectivity index (χ2v) is 5.61. The Bertz CT molecular complexity index is 634. The van der Waals surface area contributed by atoms with Gasteiger partial charge in [-0.3, -0.25) is 5.10 Å². The maximum absolute atomic E-state index is 13.0. The number of nitrogens with one attached hydrogen (secondary N) is 2. The van der Waals surface area contributed by atoms with Crippen LogP contribution in [0.1, 0.15) is 41.3 Å². The first kappa shape index (κ1) is 15.1. The van der Waals surface area contributed by atoms with Gasteiger partial charge < -0.3 is 5.32 Å². The van der Waals surface area contributed by atoms with Gasteiger partial charge in [-0.25, -0.2) is 0 Å². The van der Waals surface area contributed by atoms with Crippen LogP contribution in [0.2, 0.25) is 0 Å². The van der Waals surface area contributed by atoms with Gasteiger partial charge in [0.25, 0.3) is 0 Å². The summed E-state index contributed by atoms with van der Waals surface area (Å²) in [5.74, 6) is 0. The Morgan fingerprint density at radius 2 is 2.09 bits per heavy atom. The monoisotopic (exact) mass is 309 g/mol. The highest BCUT2D eigenvalue weighted by atomic mass is 19.4. The number of nitrogens with zero attached hydrogens (tertiary/aromatic N) is 1. The van der Waals surface area contributed by atoms with Crippen LogP contribution in [0.5, 0.6) is 0 Å². The fourth-order valence-electron chi connectivity index (χ4n) is 3.06. The fraction of sp³-hybridized carbons (Fsp3) is 0.438. The first-order valence-corrected chi connectivity index (χ1v) is 7.46. The van der Waals surface area contributed by atoms with Gasteiger partial charge in [0.1, 0.15) is 0 Å². The highest BCUT2D eigenvalue weighted by Gasteiger charge is 2.32. The molecule has 2 aromatic rings. The predicted octanol–water partition coefficient (Wildman–Crippen LogP) is 3.64. The summed E-state index contributed by atoms with van der Waals surface area (Å²) in [5.41, 5.74) is 2.08. The smallest absolute Gasteiger partial charge is 0.308 e. The van der Waals surface area contributed by atoms with Crippen LogP contribution in [0.3, 0.4) is 0 Å². The second kappa shape index (κ2) is 6.12. The third kappa shape index (κ3) is 3.16. The molecule has 3 nitrogen and oxygen atoms in total. The van der Waals surface area contributed by atoms with E-state index in [1.807, 2.05) is 6.20 Å². The quantitative estimate of drug-likeness (QED) is 0.905. The molecule has 1 aromatic carbocycles. The van der Waals surface area contributed by atoms with Gasteiger partial charge in [-0.2, -0.15) is 18.3 Å². The van der Waals surface area contributed by atoms with Crippen molar-refractivity contribution < 1.29 is 13.2 Å². The lowest BCUT2D eigenvalue weighted by molar-refractivity contribution is -0.138. The molecular formula is C16H18F3N3. The largest absolute Gasteiger partial charge is 0.416 e. The molecule has 6 heteroatoms. The molecule has 118 valence electrons. The van der Waals surface area contributed by atoms with Crippen molar-refractivity contribution in [3.8, 4) is 0 Å². The zero-order valence-electron chi connectivity index (χ0n) is 12.1. The van der Waals surface area contributed by atoms with E-state index in [4.69, 9.17) is 0 Å². The van der Waals surface area contributed by atoms with E-state index in [2.05, 4.69) is 15.5 Å². The molecular weight excluding hydrogens is 291 g/mol. The summed E-state index contributed by atoms with van der Waals surface area (Å²) in [6.45, 7) is 0.510. The first-order chi connectivity index (χ1) is 10.6. The Morgan fingerprint density at radius 3 is 2.91 bits per heavy atom. The molecule has 1 aliphatic carbocycles. The number of halogens is 3. The molecule has 0 fully saturated rings. The van der Waals surface area contributed by atoms with Crippen molar-refractivity contribution in [2.45, 2.75) is 37.9 Å². The van der Waals surface area contributed by atoms with Gasteiger partial charge in [-0.05, 0) is 49.4 Å². The molecule has 22 heavy (non-hydrogen) atoms. The predicted molar refractivity (Wildman–Crippen MR) is 77.4 cm³/mol. The number of hydrogen-bond acceptors (Lipinski definition) is 2. The molecule has 0 spiro atoms. The number of aromatic nitrogens is 2. The molecule has 0 radical (unpaired) electrons. The highest BCUT2D eigenvalue weighted by molar-refractivity contribution is 5.30. The van der Waals surface area contributed by atoms with Gasteiger partial charge in [0.2, 0.25) is 0 Å². The van der Waals surface area contributed by atoms with Crippen LogP contribution in [0.4, 0.5) is 13.2 Å².